The third kappa shape index (κ3) is 5.18. The molecule has 27 heavy (non-hydrogen) atoms. The highest BCUT2D eigenvalue weighted by Crippen LogP contribution is 2.29. The van der Waals surface area contributed by atoms with Crippen molar-refractivity contribution in [3.05, 3.63) is 62.7 Å². The summed E-state index contributed by atoms with van der Waals surface area (Å²) in [5, 5.41) is 31.6. The number of aliphatic imine (C=N–C) groups is 1. The lowest BCUT2D eigenvalue weighted by molar-refractivity contribution is -0.384. The number of nitro benzene ring substituents is 1. The molecule has 0 bridgehead atoms. The number of rotatable bonds is 6. The lowest BCUT2D eigenvalue weighted by Gasteiger charge is -2.14. The van der Waals surface area contributed by atoms with E-state index in [2.05, 4.69) is 15.2 Å². The van der Waals surface area contributed by atoms with Gasteiger partial charge in [-0.05, 0) is 49.2 Å². The fraction of sp³-hybridized carbons (Fsp3) is 0.222. The number of carbonyl (C=O) groups excluding carboxylic acids is 1. The maximum Gasteiger partial charge on any atom is 0.320 e. The van der Waals surface area contributed by atoms with Crippen LogP contribution in [0.5, 0.6) is 0 Å². The second-order valence-electron chi connectivity index (χ2n) is 5.89. The van der Waals surface area contributed by atoms with Gasteiger partial charge in [0, 0.05) is 23.9 Å². The number of halogens is 1. The predicted octanol–water partition coefficient (Wildman–Crippen LogP) is 3.97. The number of azo groups is 1. The molecule has 0 radical (unpaired) electrons. The third-order valence-electron chi connectivity index (χ3n) is 3.63. The number of ketones is 1. The summed E-state index contributed by atoms with van der Waals surface area (Å²) in [5.41, 5.74) is 1.48. The lowest BCUT2D eigenvalue weighted by Crippen LogP contribution is -2.36. The van der Waals surface area contributed by atoms with E-state index in [0.29, 0.717) is 21.8 Å². The molecule has 0 aromatic heterocycles. The smallest absolute Gasteiger partial charge is 0.320 e. The van der Waals surface area contributed by atoms with Crippen molar-refractivity contribution in [2.45, 2.75) is 26.8 Å². The van der Waals surface area contributed by atoms with E-state index in [-0.39, 0.29) is 17.2 Å². The monoisotopic (exact) mass is 388 g/mol. The Bertz CT molecular complexity index is 956. The third-order valence-corrected chi connectivity index (χ3v) is 3.86. The fourth-order valence-electron chi connectivity index (χ4n) is 2.22. The molecule has 140 valence electrons. The van der Waals surface area contributed by atoms with Crippen molar-refractivity contribution >= 4 is 40.3 Å². The van der Waals surface area contributed by atoms with Crippen molar-refractivity contribution in [1.29, 1.82) is 0 Å². The van der Waals surface area contributed by atoms with Crippen LogP contribution in [0.4, 0.5) is 17.1 Å². The molecular formula is C18H17ClN4O4. The molecule has 1 unspecified atom stereocenters. The van der Waals surface area contributed by atoms with Gasteiger partial charge < -0.3 is 5.11 Å². The molecule has 0 amide bonds. The summed E-state index contributed by atoms with van der Waals surface area (Å²) in [6.45, 7) is 4.73. The van der Waals surface area contributed by atoms with E-state index in [9.17, 15) is 20.0 Å². The quantitative estimate of drug-likeness (QED) is 0.185. The van der Waals surface area contributed by atoms with E-state index in [0.717, 1.165) is 0 Å². The van der Waals surface area contributed by atoms with E-state index in [1.54, 1.807) is 38.1 Å². The first-order chi connectivity index (χ1) is 12.7. The molecule has 2 aromatic carbocycles. The van der Waals surface area contributed by atoms with Crippen LogP contribution < -0.4 is 5.11 Å². The van der Waals surface area contributed by atoms with Crippen molar-refractivity contribution < 1.29 is 14.8 Å². The average Bonchev–Trinajstić information content (AvgIpc) is 2.58. The minimum atomic E-state index is -1.37. The first kappa shape index (κ1) is 20.2. The van der Waals surface area contributed by atoms with Gasteiger partial charge in [-0.2, -0.15) is 5.11 Å². The highest BCUT2D eigenvalue weighted by atomic mass is 35.5. The summed E-state index contributed by atoms with van der Waals surface area (Å²) in [5.74, 6) is -1.08. The molecule has 0 heterocycles. The van der Waals surface area contributed by atoms with Crippen LogP contribution in [0.1, 0.15) is 18.1 Å². The zero-order valence-corrected chi connectivity index (χ0v) is 15.6. The zero-order chi connectivity index (χ0) is 20.1. The fourth-order valence-corrected chi connectivity index (χ4v) is 2.45. The van der Waals surface area contributed by atoms with Gasteiger partial charge in [-0.3, -0.25) is 19.9 Å². The standard InChI is InChI=1S/C18H17ClN4O4/c1-10-4-6-15(16(8-10)23(26)27)21-22-17(12(3)24)18(25)20-14-7-5-13(19)9-11(14)2/h4-9,17H,1-3H3,(H,20,25). The number of benzene rings is 2. The van der Waals surface area contributed by atoms with E-state index in [1.165, 1.54) is 19.1 Å². The van der Waals surface area contributed by atoms with Crippen LogP contribution in [0.15, 0.2) is 51.6 Å². The summed E-state index contributed by atoms with van der Waals surface area (Å²) < 4.78 is 0. The summed E-state index contributed by atoms with van der Waals surface area (Å²) >= 11 is 5.88. The van der Waals surface area contributed by atoms with Gasteiger partial charge in [0.2, 0.25) is 6.04 Å². The molecule has 0 spiro atoms. The van der Waals surface area contributed by atoms with Crippen LogP contribution in [0.25, 0.3) is 0 Å². The number of aryl methyl sites for hydroxylation is 2. The first-order valence-corrected chi connectivity index (χ1v) is 8.27. The number of nitrogens with zero attached hydrogens (tertiary/aromatic N) is 4. The normalized spacial score (nSPS) is 13.0. The molecule has 0 aliphatic rings. The Labute approximate surface area is 160 Å². The van der Waals surface area contributed by atoms with Gasteiger partial charge >= 0.3 is 5.78 Å². The number of hydrogen-bond acceptors (Lipinski definition) is 6. The van der Waals surface area contributed by atoms with Crippen molar-refractivity contribution in [2.75, 3.05) is 0 Å². The van der Waals surface area contributed by atoms with Gasteiger partial charge in [-0.15, -0.1) is 5.11 Å². The van der Waals surface area contributed by atoms with Crippen LogP contribution in [0.3, 0.4) is 0 Å². The van der Waals surface area contributed by atoms with Gasteiger partial charge in [0.25, 0.3) is 5.69 Å². The minimum Gasteiger partial charge on any atom is -0.860 e. The van der Waals surface area contributed by atoms with E-state index in [1.807, 2.05) is 0 Å². The summed E-state index contributed by atoms with van der Waals surface area (Å²) in [6.07, 6.45) is 0. The molecular weight excluding hydrogens is 372 g/mol. The van der Waals surface area contributed by atoms with Crippen LogP contribution in [-0.2, 0) is 0 Å². The largest absolute Gasteiger partial charge is 0.860 e. The van der Waals surface area contributed by atoms with Gasteiger partial charge in [-0.1, -0.05) is 17.7 Å². The van der Waals surface area contributed by atoms with Crippen LogP contribution in [-0.4, -0.2) is 27.4 Å². The maximum absolute atomic E-state index is 12.4. The molecule has 0 aliphatic heterocycles. The van der Waals surface area contributed by atoms with Crippen LogP contribution >= 0.6 is 11.6 Å². The molecule has 0 fully saturated rings. The predicted molar refractivity (Wildman–Crippen MR) is 102 cm³/mol. The van der Waals surface area contributed by atoms with Crippen molar-refractivity contribution in [2.24, 2.45) is 15.2 Å². The highest BCUT2D eigenvalue weighted by molar-refractivity contribution is 6.30. The molecule has 0 saturated carbocycles. The number of nitro groups is 1. The lowest BCUT2D eigenvalue weighted by atomic mass is 10.2. The summed E-state index contributed by atoms with van der Waals surface area (Å²) in [7, 11) is 0. The van der Waals surface area contributed by atoms with Crippen LogP contribution in [0.2, 0.25) is 5.02 Å². The highest BCUT2D eigenvalue weighted by Gasteiger charge is 2.21. The van der Waals surface area contributed by atoms with Gasteiger partial charge in [-0.25, -0.2) is 0 Å². The Balaban J connectivity index is 2.38. The Morgan fingerprint density at radius 2 is 1.85 bits per heavy atom. The Kier molecular flexibility index (Phi) is 6.36. The SMILES string of the molecule is CC(=[OH+])C(N=Nc1ccc(C)cc1[N+](=O)[O-])C([O-])=Nc1ccc(Cl)cc1C. The Hall–Kier alpha value is -3.13. The van der Waals surface area contributed by atoms with Crippen molar-refractivity contribution in [1.82, 2.24) is 0 Å². The van der Waals surface area contributed by atoms with Gasteiger partial charge in [0.15, 0.2) is 5.69 Å². The van der Waals surface area contributed by atoms with E-state index in [4.69, 9.17) is 11.6 Å². The van der Waals surface area contributed by atoms with Gasteiger partial charge in [0.1, 0.15) is 0 Å². The molecule has 9 heteroatoms. The average molecular weight is 389 g/mol. The number of hydrogen-bond donors (Lipinski definition) is 0. The van der Waals surface area contributed by atoms with E-state index < -0.39 is 16.9 Å². The molecule has 2 aromatic rings. The van der Waals surface area contributed by atoms with Crippen molar-refractivity contribution in [3.8, 4) is 0 Å². The summed E-state index contributed by atoms with van der Waals surface area (Å²) in [4.78, 5) is 24.3. The second-order valence-corrected chi connectivity index (χ2v) is 6.33. The van der Waals surface area contributed by atoms with E-state index >= 15 is 0 Å². The molecule has 1 atom stereocenters. The van der Waals surface area contributed by atoms with Gasteiger partial charge in [0.05, 0.1) is 10.6 Å². The molecule has 0 aliphatic carbocycles. The minimum absolute atomic E-state index is 0.0210. The first-order valence-electron chi connectivity index (χ1n) is 7.89. The van der Waals surface area contributed by atoms with Crippen LogP contribution in [0, 0.1) is 24.0 Å². The Morgan fingerprint density at radius 3 is 2.44 bits per heavy atom. The maximum atomic E-state index is 12.4. The topological polar surface area (TPSA) is 125 Å². The molecule has 0 saturated heterocycles. The summed E-state index contributed by atoms with van der Waals surface area (Å²) in [6, 6.07) is 7.84. The zero-order valence-electron chi connectivity index (χ0n) is 14.9. The van der Waals surface area contributed by atoms with Crippen molar-refractivity contribution in [3.63, 3.8) is 0 Å². The molecule has 8 nitrogen and oxygen atoms in total. The molecule has 2 rings (SSSR count). The Morgan fingerprint density at radius 1 is 1.19 bits per heavy atom. The second kappa shape index (κ2) is 8.50. The molecule has 1 N–H and O–H groups in total.